The Balaban J connectivity index is 2.02. The summed E-state index contributed by atoms with van der Waals surface area (Å²) in [6.45, 7) is 3.39. The number of hydrogen-bond acceptors (Lipinski definition) is 4. The Labute approximate surface area is 88.2 Å². The lowest BCUT2D eigenvalue weighted by atomic mass is 10.2. The lowest BCUT2D eigenvalue weighted by Crippen LogP contribution is -2.39. The topological polar surface area (TPSA) is 72.4 Å². The van der Waals surface area contributed by atoms with Crippen molar-refractivity contribution in [2.45, 2.75) is 32.4 Å². The van der Waals surface area contributed by atoms with Gasteiger partial charge in [-0.2, -0.15) is 0 Å². The standard InChI is InChI=1S/C10H15N3O2/c1-7-5-8(15-12-7)6-13-4-2-3-9(13)10(11)14/h5,9H,2-4,6H2,1H3,(H2,11,14). The van der Waals surface area contributed by atoms with Crippen LogP contribution < -0.4 is 5.73 Å². The van der Waals surface area contributed by atoms with Gasteiger partial charge in [0.15, 0.2) is 5.76 Å². The second-order valence-corrected chi connectivity index (χ2v) is 3.97. The van der Waals surface area contributed by atoms with Crippen LogP contribution >= 0.6 is 0 Å². The molecule has 0 aliphatic carbocycles. The molecule has 1 unspecified atom stereocenters. The fraction of sp³-hybridized carbons (Fsp3) is 0.600. The average Bonchev–Trinajstić information content (AvgIpc) is 2.75. The number of aromatic nitrogens is 1. The summed E-state index contributed by atoms with van der Waals surface area (Å²) in [5.74, 6) is 0.546. The number of carbonyl (C=O) groups is 1. The summed E-state index contributed by atoms with van der Waals surface area (Å²) in [5.41, 5.74) is 6.18. The molecule has 0 aromatic carbocycles. The summed E-state index contributed by atoms with van der Waals surface area (Å²) in [6.07, 6.45) is 1.86. The summed E-state index contributed by atoms with van der Waals surface area (Å²) >= 11 is 0. The van der Waals surface area contributed by atoms with Crippen LogP contribution in [0, 0.1) is 6.92 Å². The fourth-order valence-electron chi connectivity index (χ4n) is 2.03. The maximum Gasteiger partial charge on any atom is 0.234 e. The second-order valence-electron chi connectivity index (χ2n) is 3.97. The number of rotatable bonds is 3. The largest absolute Gasteiger partial charge is 0.368 e. The maximum atomic E-state index is 11.1. The van der Waals surface area contributed by atoms with Crippen molar-refractivity contribution >= 4 is 5.91 Å². The van der Waals surface area contributed by atoms with Crippen molar-refractivity contribution in [2.75, 3.05) is 6.54 Å². The highest BCUT2D eigenvalue weighted by atomic mass is 16.5. The molecule has 1 atom stereocenters. The van der Waals surface area contributed by atoms with Crippen molar-refractivity contribution < 1.29 is 9.32 Å². The van der Waals surface area contributed by atoms with E-state index < -0.39 is 0 Å². The van der Waals surface area contributed by atoms with Crippen LogP contribution in [0.4, 0.5) is 0 Å². The highest BCUT2D eigenvalue weighted by Crippen LogP contribution is 2.19. The Morgan fingerprint density at radius 2 is 2.60 bits per heavy atom. The molecule has 15 heavy (non-hydrogen) atoms. The summed E-state index contributed by atoms with van der Waals surface area (Å²) < 4.78 is 5.11. The molecule has 82 valence electrons. The maximum absolute atomic E-state index is 11.1. The van der Waals surface area contributed by atoms with E-state index in [-0.39, 0.29) is 11.9 Å². The Bertz CT molecular complexity index is 361. The fourth-order valence-corrected chi connectivity index (χ4v) is 2.03. The Kier molecular flexibility index (Phi) is 2.73. The Hall–Kier alpha value is -1.36. The van der Waals surface area contributed by atoms with E-state index in [2.05, 4.69) is 5.16 Å². The van der Waals surface area contributed by atoms with Gasteiger partial charge in [-0.1, -0.05) is 5.16 Å². The molecular formula is C10H15N3O2. The molecule has 1 aliphatic rings. The van der Waals surface area contributed by atoms with Crippen LogP contribution in [0.2, 0.25) is 0 Å². The third-order valence-electron chi connectivity index (χ3n) is 2.73. The molecule has 2 heterocycles. The van der Waals surface area contributed by atoms with E-state index in [0.29, 0.717) is 6.54 Å². The molecule has 0 spiro atoms. The first-order chi connectivity index (χ1) is 7.16. The zero-order valence-corrected chi connectivity index (χ0v) is 8.77. The van der Waals surface area contributed by atoms with Crippen LogP contribution in [0.25, 0.3) is 0 Å². The SMILES string of the molecule is Cc1cc(CN2CCCC2C(N)=O)on1. The van der Waals surface area contributed by atoms with Gasteiger partial charge in [0.25, 0.3) is 0 Å². The van der Waals surface area contributed by atoms with Gasteiger partial charge in [-0.05, 0) is 26.3 Å². The Morgan fingerprint density at radius 1 is 1.80 bits per heavy atom. The van der Waals surface area contributed by atoms with Crippen molar-refractivity contribution in [2.24, 2.45) is 5.73 Å². The summed E-state index contributed by atoms with van der Waals surface area (Å²) in [6, 6.07) is 1.74. The van der Waals surface area contributed by atoms with Crippen LogP contribution in [0.15, 0.2) is 10.6 Å². The van der Waals surface area contributed by atoms with Crippen LogP contribution in [0.3, 0.4) is 0 Å². The molecule has 1 aromatic rings. The van der Waals surface area contributed by atoms with E-state index in [1.54, 1.807) is 0 Å². The first-order valence-electron chi connectivity index (χ1n) is 5.12. The van der Waals surface area contributed by atoms with E-state index in [4.69, 9.17) is 10.3 Å². The average molecular weight is 209 g/mol. The van der Waals surface area contributed by atoms with Gasteiger partial charge in [-0.3, -0.25) is 9.69 Å². The lowest BCUT2D eigenvalue weighted by molar-refractivity contribution is -0.122. The minimum absolute atomic E-state index is 0.143. The van der Waals surface area contributed by atoms with Crippen molar-refractivity contribution in [1.82, 2.24) is 10.1 Å². The van der Waals surface area contributed by atoms with E-state index in [0.717, 1.165) is 30.8 Å². The van der Waals surface area contributed by atoms with E-state index in [1.165, 1.54) is 0 Å². The smallest absolute Gasteiger partial charge is 0.234 e. The molecule has 1 saturated heterocycles. The van der Waals surface area contributed by atoms with Gasteiger partial charge in [-0.25, -0.2) is 0 Å². The summed E-state index contributed by atoms with van der Waals surface area (Å²) in [4.78, 5) is 13.2. The van der Waals surface area contributed by atoms with Crippen molar-refractivity contribution in [1.29, 1.82) is 0 Å². The van der Waals surface area contributed by atoms with Gasteiger partial charge in [0, 0.05) is 6.07 Å². The van der Waals surface area contributed by atoms with Gasteiger partial charge < -0.3 is 10.3 Å². The van der Waals surface area contributed by atoms with Crippen LogP contribution in [-0.2, 0) is 11.3 Å². The molecule has 0 bridgehead atoms. The van der Waals surface area contributed by atoms with E-state index >= 15 is 0 Å². The van der Waals surface area contributed by atoms with Gasteiger partial charge in [0.2, 0.25) is 5.91 Å². The molecule has 1 aromatic heterocycles. The normalized spacial score (nSPS) is 22.1. The minimum atomic E-state index is -0.247. The number of amides is 1. The first kappa shape index (κ1) is 10.2. The predicted molar refractivity (Wildman–Crippen MR) is 53.9 cm³/mol. The van der Waals surface area contributed by atoms with Gasteiger partial charge in [0.05, 0.1) is 18.3 Å². The molecule has 5 heteroatoms. The molecular weight excluding hydrogens is 194 g/mol. The number of hydrogen-bond donors (Lipinski definition) is 1. The molecule has 5 nitrogen and oxygen atoms in total. The highest BCUT2D eigenvalue weighted by molar-refractivity contribution is 5.80. The third kappa shape index (κ3) is 2.18. The lowest BCUT2D eigenvalue weighted by Gasteiger charge is -2.19. The van der Waals surface area contributed by atoms with Gasteiger partial charge in [-0.15, -0.1) is 0 Å². The molecule has 2 N–H and O–H groups in total. The number of aryl methyl sites for hydroxylation is 1. The third-order valence-corrected chi connectivity index (χ3v) is 2.73. The predicted octanol–water partition coefficient (Wildman–Crippen LogP) is 0.433. The van der Waals surface area contributed by atoms with Crippen molar-refractivity contribution in [3.05, 3.63) is 17.5 Å². The molecule has 1 fully saturated rings. The summed E-state index contributed by atoms with van der Waals surface area (Å²) in [5, 5.41) is 3.81. The zero-order chi connectivity index (χ0) is 10.8. The van der Waals surface area contributed by atoms with E-state index in [9.17, 15) is 4.79 Å². The number of nitrogens with two attached hydrogens (primary N) is 1. The quantitative estimate of drug-likeness (QED) is 0.783. The minimum Gasteiger partial charge on any atom is -0.368 e. The number of nitrogens with zero attached hydrogens (tertiary/aromatic N) is 2. The molecule has 2 rings (SSSR count). The molecule has 0 saturated carbocycles. The highest BCUT2D eigenvalue weighted by Gasteiger charge is 2.29. The number of primary amides is 1. The molecule has 0 radical (unpaired) electrons. The monoisotopic (exact) mass is 209 g/mol. The van der Waals surface area contributed by atoms with E-state index in [1.807, 2.05) is 17.9 Å². The Morgan fingerprint density at radius 3 is 3.20 bits per heavy atom. The first-order valence-corrected chi connectivity index (χ1v) is 5.12. The number of likely N-dealkylation sites (tertiary alicyclic amines) is 1. The van der Waals surface area contributed by atoms with Crippen molar-refractivity contribution in [3.8, 4) is 0 Å². The molecule has 1 aliphatic heterocycles. The molecule has 1 amide bonds. The summed E-state index contributed by atoms with van der Waals surface area (Å²) in [7, 11) is 0. The van der Waals surface area contributed by atoms with Gasteiger partial charge >= 0.3 is 0 Å². The second kappa shape index (κ2) is 4.02. The van der Waals surface area contributed by atoms with Crippen LogP contribution in [0.5, 0.6) is 0 Å². The van der Waals surface area contributed by atoms with Gasteiger partial charge in [0.1, 0.15) is 0 Å². The van der Waals surface area contributed by atoms with Crippen LogP contribution in [-0.4, -0.2) is 28.6 Å². The number of carbonyl (C=O) groups excluding carboxylic acids is 1. The zero-order valence-electron chi connectivity index (χ0n) is 8.77. The van der Waals surface area contributed by atoms with Crippen molar-refractivity contribution in [3.63, 3.8) is 0 Å². The van der Waals surface area contributed by atoms with Crippen LogP contribution in [0.1, 0.15) is 24.3 Å².